The van der Waals surface area contributed by atoms with E-state index in [-0.39, 0.29) is 18.2 Å². The fraction of sp³-hybridized carbons (Fsp3) is 0.346. The van der Waals surface area contributed by atoms with Crippen LogP contribution < -0.4 is 5.32 Å². The maximum atomic E-state index is 12.7. The van der Waals surface area contributed by atoms with E-state index in [0.717, 1.165) is 54.7 Å². The third-order valence-corrected chi connectivity index (χ3v) is 6.13. The maximum Gasteiger partial charge on any atom is 0.224 e. The first kappa shape index (κ1) is 23.1. The zero-order chi connectivity index (χ0) is 23.0. The minimum Gasteiger partial charge on any atom is -0.356 e. The molecule has 2 aromatic carbocycles. The van der Waals surface area contributed by atoms with Crippen LogP contribution in [0, 0.1) is 0 Å². The summed E-state index contributed by atoms with van der Waals surface area (Å²) in [5.74, 6) is 0.180. The molecule has 0 saturated carbocycles. The van der Waals surface area contributed by atoms with Gasteiger partial charge in [0.05, 0.1) is 17.8 Å². The average molecular weight is 465 g/mol. The average Bonchev–Trinajstić information content (AvgIpc) is 3.13. The molecule has 4 rings (SSSR count). The van der Waals surface area contributed by atoms with E-state index >= 15 is 0 Å². The number of aromatic nitrogens is 2. The second kappa shape index (κ2) is 11.1. The van der Waals surface area contributed by atoms with Gasteiger partial charge in [-0.15, -0.1) is 0 Å². The summed E-state index contributed by atoms with van der Waals surface area (Å²) in [5, 5.41) is 8.42. The van der Waals surface area contributed by atoms with Crippen molar-refractivity contribution in [1.29, 1.82) is 0 Å². The Balaban J connectivity index is 1.40. The maximum absolute atomic E-state index is 12.7. The second-order valence-corrected chi connectivity index (χ2v) is 8.80. The van der Waals surface area contributed by atoms with Gasteiger partial charge in [-0.1, -0.05) is 48.4 Å². The van der Waals surface area contributed by atoms with Crippen LogP contribution in [0.5, 0.6) is 0 Å². The Labute approximate surface area is 199 Å². The van der Waals surface area contributed by atoms with Crippen LogP contribution in [0.1, 0.15) is 37.7 Å². The Morgan fingerprint density at radius 1 is 1.03 bits per heavy atom. The van der Waals surface area contributed by atoms with Gasteiger partial charge in [0.15, 0.2) is 0 Å². The van der Waals surface area contributed by atoms with E-state index in [1.54, 1.807) is 4.68 Å². The van der Waals surface area contributed by atoms with Gasteiger partial charge in [-0.05, 0) is 43.5 Å². The number of hydrogen-bond acceptors (Lipinski definition) is 3. The lowest BCUT2D eigenvalue weighted by Crippen LogP contribution is -2.34. The standard InChI is InChI=1S/C26H29ClN4O2/c27-22-13-11-20(12-14-22)26-21(19-31(29-26)23-8-3-1-4-9-23)18-24(32)28-15-7-17-30-16-6-2-5-10-25(30)33/h1,3-4,8-9,11-14,19H,2,5-7,10,15-18H2,(H,28,32). The molecule has 1 N–H and O–H groups in total. The van der Waals surface area contributed by atoms with Crippen molar-refractivity contribution >= 4 is 23.4 Å². The van der Waals surface area contributed by atoms with Crippen LogP contribution in [0.4, 0.5) is 0 Å². The molecule has 0 radical (unpaired) electrons. The number of carbonyl (C=O) groups excluding carboxylic acids is 2. The molecule has 172 valence electrons. The molecule has 0 aliphatic carbocycles. The van der Waals surface area contributed by atoms with Crippen LogP contribution >= 0.6 is 11.6 Å². The van der Waals surface area contributed by atoms with Crippen molar-refractivity contribution in [3.05, 3.63) is 71.4 Å². The summed E-state index contributed by atoms with van der Waals surface area (Å²) < 4.78 is 1.80. The van der Waals surface area contributed by atoms with Crippen LogP contribution in [-0.2, 0) is 16.0 Å². The van der Waals surface area contributed by atoms with Gasteiger partial charge >= 0.3 is 0 Å². The molecule has 0 unspecified atom stereocenters. The summed E-state index contributed by atoms with van der Waals surface area (Å²) in [6.07, 6.45) is 6.71. The molecule has 0 spiro atoms. The Hall–Kier alpha value is -3.12. The molecule has 2 amide bonds. The summed E-state index contributed by atoms with van der Waals surface area (Å²) >= 11 is 6.06. The quantitative estimate of drug-likeness (QED) is 0.493. The first-order chi connectivity index (χ1) is 16.1. The number of amides is 2. The van der Waals surface area contributed by atoms with E-state index in [4.69, 9.17) is 16.7 Å². The summed E-state index contributed by atoms with van der Waals surface area (Å²) in [7, 11) is 0. The number of nitrogens with zero attached hydrogens (tertiary/aromatic N) is 3. The highest BCUT2D eigenvalue weighted by Gasteiger charge is 2.17. The van der Waals surface area contributed by atoms with E-state index < -0.39 is 0 Å². The van der Waals surface area contributed by atoms with Crippen molar-refractivity contribution in [2.24, 2.45) is 0 Å². The van der Waals surface area contributed by atoms with E-state index in [0.29, 0.717) is 24.5 Å². The van der Waals surface area contributed by atoms with E-state index in [2.05, 4.69) is 5.32 Å². The van der Waals surface area contributed by atoms with Crippen molar-refractivity contribution in [3.8, 4) is 16.9 Å². The molecule has 2 heterocycles. The number of carbonyl (C=O) groups is 2. The first-order valence-electron chi connectivity index (χ1n) is 11.5. The summed E-state index contributed by atoms with van der Waals surface area (Å²) in [6, 6.07) is 17.3. The number of para-hydroxylation sites is 1. The Bertz CT molecular complexity index is 1080. The van der Waals surface area contributed by atoms with Crippen LogP contribution in [0.2, 0.25) is 5.02 Å². The second-order valence-electron chi connectivity index (χ2n) is 8.36. The van der Waals surface area contributed by atoms with E-state index in [1.165, 1.54) is 0 Å². The topological polar surface area (TPSA) is 67.2 Å². The predicted octanol–water partition coefficient (Wildman–Crippen LogP) is 4.64. The largest absolute Gasteiger partial charge is 0.356 e. The van der Waals surface area contributed by atoms with Crippen molar-refractivity contribution in [3.63, 3.8) is 0 Å². The van der Waals surface area contributed by atoms with Gasteiger partial charge < -0.3 is 10.2 Å². The van der Waals surface area contributed by atoms with Gasteiger partial charge in [-0.2, -0.15) is 5.10 Å². The summed E-state index contributed by atoms with van der Waals surface area (Å²) in [6.45, 7) is 2.07. The molecule has 1 aliphatic rings. The third-order valence-electron chi connectivity index (χ3n) is 5.88. The van der Waals surface area contributed by atoms with E-state index in [1.807, 2.05) is 65.7 Å². The van der Waals surface area contributed by atoms with Crippen molar-refractivity contribution in [2.45, 2.75) is 38.5 Å². The monoisotopic (exact) mass is 464 g/mol. The van der Waals surface area contributed by atoms with E-state index in [9.17, 15) is 9.59 Å². The molecule has 1 aromatic heterocycles. The van der Waals surface area contributed by atoms with Gasteiger partial charge in [0.1, 0.15) is 0 Å². The molecule has 7 heteroatoms. The molecule has 1 saturated heterocycles. The van der Waals surface area contributed by atoms with Gasteiger partial charge in [0.2, 0.25) is 11.8 Å². The lowest BCUT2D eigenvalue weighted by atomic mass is 10.1. The van der Waals surface area contributed by atoms with Gasteiger partial charge in [0.25, 0.3) is 0 Å². The minimum atomic E-state index is -0.0555. The number of likely N-dealkylation sites (tertiary alicyclic amines) is 1. The molecule has 0 bridgehead atoms. The molecular weight excluding hydrogens is 436 g/mol. The SMILES string of the molecule is O=C(Cc1cn(-c2ccccc2)nc1-c1ccc(Cl)cc1)NCCCN1CCCCCC1=O. The fourth-order valence-corrected chi connectivity index (χ4v) is 4.24. The van der Waals surface area contributed by atoms with Crippen LogP contribution in [0.15, 0.2) is 60.8 Å². The highest BCUT2D eigenvalue weighted by Crippen LogP contribution is 2.25. The minimum absolute atomic E-state index is 0.0555. The number of hydrogen-bond donors (Lipinski definition) is 1. The highest BCUT2D eigenvalue weighted by atomic mass is 35.5. The summed E-state index contributed by atoms with van der Waals surface area (Å²) in [5.41, 5.74) is 3.46. The third kappa shape index (κ3) is 6.23. The Kier molecular flexibility index (Phi) is 7.79. The number of nitrogens with one attached hydrogen (secondary N) is 1. The Morgan fingerprint density at radius 3 is 2.61 bits per heavy atom. The number of halogens is 1. The smallest absolute Gasteiger partial charge is 0.224 e. The molecular formula is C26H29ClN4O2. The zero-order valence-electron chi connectivity index (χ0n) is 18.7. The van der Waals surface area contributed by atoms with Crippen LogP contribution in [-0.4, -0.2) is 46.1 Å². The number of rotatable bonds is 8. The summed E-state index contributed by atoms with van der Waals surface area (Å²) in [4.78, 5) is 26.8. The van der Waals surface area contributed by atoms with Crippen LogP contribution in [0.25, 0.3) is 16.9 Å². The zero-order valence-corrected chi connectivity index (χ0v) is 19.4. The normalized spacial score (nSPS) is 14.2. The molecule has 3 aromatic rings. The number of benzene rings is 2. The van der Waals surface area contributed by atoms with Crippen molar-refractivity contribution in [1.82, 2.24) is 20.0 Å². The predicted molar refractivity (Wildman–Crippen MR) is 130 cm³/mol. The molecule has 1 aliphatic heterocycles. The van der Waals surface area contributed by atoms with Crippen molar-refractivity contribution < 1.29 is 9.59 Å². The molecule has 0 atom stereocenters. The van der Waals surface area contributed by atoms with Crippen molar-refractivity contribution in [2.75, 3.05) is 19.6 Å². The Morgan fingerprint density at radius 2 is 1.82 bits per heavy atom. The van der Waals surface area contributed by atoms with Crippen LogP contribution in [0.3, 0.4) is 0 Å². The fourth-order valence-electron chi connectivity index (χ4n) is 4.11. The van der Waals surface area contributed by atoms with Gasteiger partial charge in [-0.25, -0.2) is 4.68 Å². The molecule has 6 nitrogen and oxygen atoms in total. The highest BCUT2D eigenvalue weighted by molar-refractivity contribution is 6.30. The molecule has 33 heavy (non-hydrogen) atoms. The first-order valence-corrected chi connectivity index (χ1v) is 11.9. The van der Waals surface area contributed by atoms with Gasteiger partial charge in [0, 0.05) is 48.4 Å². The van der Waals surface area contributed by atoms with Gasteiger partial charge in [-0.3, -0.25) is 9.59 Å². The lowest BCUT2D eigenvalue weighted by Gasteiger charge is -2.20. The lowest BCUT2D eigenvalue weighted by molar-refractivity contribution is -0.130. The molecule has 1 fully saturated rings.